The van der Waals surface area contributed by atoms with Crippen molar-refractivity contribution in [3.63, 3.8) is 0 Å². The number of aromatic nitrogens is 1. The lowest BCUT2D eigenvalue weighted by molar-refractivity contribution is 0.102. The minimum atomic E-state index is -0.396. The second-order valence-corrected chi connectivity index (χ2v) is 8.09. The van der Waals surface area contributed by atoms with Crippen molar-refractivity contribution in [1.82, 2.24) is 4.98 Å². The summed E-state index contributed by atoms with van der Waals surface area (Å²) in [6, 6.07) is 24.4. The smallest absolute Gasteiger partial charge is 0.261 e. The number of nitrogens with zero attached hydrogens (tertiary/aromatic N) is 1. The van der Waals surface area contributed by atoms with Crippen LogP contribution < -0.4 is 10.1 Å². The molecular formula is C25H22N2O3S. The Morgan fingerprint density at radius 1 is 1.00 bits per heavy atom. The van der Waals surface area contributed by atoms with Crippen molar-refractivity contribution >= 4 is 22.4 Å². The zero-order valence-corrected chi connectivity index (χ0v) is 18.0. The molecule has 1 aromatic heterocycles. The number of phenolic OH excluding ortho intramolecular Hbond substituents is 1. The fourth-order valence-corrected chi connectivity index (χ4v) is 4.42. The largest absolute Gasteiger partial charge is 0.507 e. The lowest BCUT2D eigenvalue weighted by atomic mass is 9.96. The van der Waals surface area contributed by atoms with Crippen LogP contribution in [0.1, 0.15) is 33.6 Å². The summed E-state index contributed by atoms with van der Waals surface area (Å²) < 4.78 is 5.27. The number of hydrogen-bond acceptors (Lipinski definition) is 5. The fourth-order valence-electron chi connectivity index (χ4n) is 3.36. The Morgan fingerprint density at radius 2 is 1.68 bits per heavy atom. The standard InChI is InChI=1S/C25H22N2O3S/c1-16(17-8-4-3-5-9-17)23-22(18-12-14-19(30-2)15-13-18)26-25(31-23)27-24(29)20-10-6-7-11-21(20)28/h3-16,28H,1-2H3,(H,26,27,29). The van der Waals surface area contributed by atoms with E-state index in [1.54, 1.807) is 25.3 Å². The maximum atomic E-state index is 12.7. The third-order valence-electron chi connectivity index (χ3n) is 5.08. The number of anilines is 1. The highest BCUT2D eigenvalue weighted by molar-refractivity contribution is 7.16. The van der Waals surface area contributed by atoms with Crippen LogP contribution in [0.4, 0.5) is 5.13 Å². The summed E-state index contributed by atoms with van der Waals surface area (Å²) in [4.78, 5) is 18.5. The molecule has 1 amide bonds. The topological polar surface area (TPSA) is 71.5 Å². The molecule has 0 saturated heterocycles. The van der Waals surface area contributed by atoms with Crippen LogP contribution in [-0.4, -0.2) is 23.1 Å². The van der Waals surface area contributed by atoms with Crippen molar-refractivity contribution in [3.8, 4) is 22.8 Å². The summed E-state index contributed by atoms with van der Waals surface area (Å²) in [7, 11) is 1.63. The number of para-hydroxylation sites is 1. The first-order valence-electron chi connectivity index (χ1n) is 9.86. The van der Waals surface area contributed by atoms with Crippen LogP contribution in [0.3, 0.4) is 0 Å². The molecule has 0 aliphatic rings. The van der Waals surface area contributed by atoms with Gasteiger partial charge in [-0.3, -0.25) is 10.1 Å². The summed E-state index contributed by atoms with van der Waals surface area (Å²) in [5.41, 5.74) is 3.13. The van der Waals surface area contributed by atoms with Gasteiger partial charge in [-0.2, -0.15) is 0 Å². The van der Waals surface area contributed by atoms with Crippen LogP contribution in [0.25, 0.3) is 11.3 Å². The van der Waals surface area contributed by atoms with Gasteiger partial charge < -0.3 is 9.84 Å². The van der Waals surface area contributed by atoms with Gasteiger partial charge in [0.05, 0.1) is 18.4 Å². The third kappa shape index (κ3) is 4.44. The van der Waals surface area contributed by atoms with Crippen LogP contribution in [0, 0.1) is 0 Å². The second-order valence-electron chi connectivity index (χ2n) is 7.06. The van der Waals surface area contributed by atoms with Crippen LogP contribution >= 0.6 is 11.3 Å². The summed E-state index contributed by atoms with van der Waals surface area (Å²) in [6.45, 7) is 2.13. The van der Waals surface area contributed by atoms with Gasteiger partial charge in [-0.1, -0.05) is 49.4 Å². The number of ether oxygens (including phenoxy) is 1. The summed E-state index contributed by atoms with van der Waals surface area (Å²) in [5, 5.41) is 13.3. The molecule has 156 valence electrons. The molecule has 2 N–H and O–H groups in total. The van der Waals surface area contributed by atoms with Gasteiger partial charge in [0.15, 0.2) is 5.13 Å². The van der Waals surface area contributed by atoms with Crippen molar-refractivity contribution in [2.24, 2.45) is 0 Å². The van der Waals surface area contributed by atoms with Crippen molar-refractivity contribution in [2.75, 3.05) is 12.4 Å². The van der Waals surface area contributed by atoms with Gasteiger partial charge in [0.2, 0.25) is 0 Å². The Morgan fingerprint density at radius 3 is 2.35 bits per heavy atom. The number of nitrogens with one attached hydrogen (secondary N) is 1. The van der Waals surface area contributed by atoms with Crippen LogP contribution in [0.15, 0.2) is 78.9 Å². The molecule has 0 spiro atoms. The van der Waals surface area contributed by atoms with Crippen LogP contribution in [-0.2, 0) is 0 Å². The Kier molecular flexibility index (Phi) is 6.00. The Balaban J connectivity index is 1.72. The van der Waals surface area contributed by atoms with Crippen LogP contribution in [0.5, 0.6) is 11.5 Å². The van der Waals surface area contributed by atoms with Gasteiger partial charge in [0.25, 0.3) is 5.91 Å². The molecule has 1 atom stereocenters. The maximum absolute atomic E-state index is 12.7. The van der Waals surface area contributed by atoms with Gasteiger partial charge in [-0.15, -0.1) is 11.3 Å². The minimum Gasteiger partial charge on any atom is -0.507 e. The monoisotopic (exact) mass is 430 g/mol. The lowest BCUT2D eigenvalue weighted by Gasteiger charge is -2.12. The van der Waals surface area contributed by atoms with Gasteiger partial charge in [-0.05, 0) is 42.0 Å². The molecule has 0 saturated carbocycles. The summed E-state index contributed by atoms with van der Waals surface area (Å²) >= 11 is 1.44. The number of benzene rings is 3. The molecule has 0 aliphatic heterocycles. The van der Waals surface area contributed by atoms with Crippen molar-refractivity contribution in [2.45, 2.75) is 12.8 Å². The molecule has 3 aromatic carbocycles. The molecular weight excluding hydrogens is 408 g/mol. The molecule has 4 rings (SSSR count). The minimum absolute atomic E-state index is 0.0650. The molecule has 1 unspecified atom stereocenters. The molecule has 0 aliphatic carbocycles. The Bertz CT molecular complexity index is 1190. The van der Waals surface area contributed by atoms with E-state index in [-0.39, 0.29) is 17.2 Å². The molecule has 5 nitrogen and oxygen atoms in total. The average Bonchev–Trinajstić information content (AvgIpc) is 3.23. The van der Waals surface area contributed by atoms with Gasteiger partial charge in [-0.25, -0.2) is 4.98 Å². The zero-order chi connectivity index (χ0) is 21.8. The normalized spacial score (nSPS) is 11.7. The zero-order valence-electron chi connectivity index (χ0n) is 17.2. The molecule has 0 bridgehead atoms. The summed E-state index contributed by atoms with van der Waals surface area (Å²) in [6.07, 6.45) is 0. The second kappa shape index (κ2) is 9.02. The van der Waals surface area contributed by atoms with E-state index in [0.717, 1.165) is 21.9 Å². The number of carbonyl (C=O) groups is 1. The third-order valence-corrected chi connectivity index (χ3v) is 6.23. The van der Waals surface area contributed by atoms with Crippen molar-refractivity contribution in [1.29, 1.82) is 0 Å². The maximum Gasteiger partial charge on any atom is 0.261 e. The molecule has 6 heteroatoms. The van der Waals surface area contributed by atoms with E-state index in [4.69, 9.17) is 9.72 Å². The van der Waals surface area contributed by atoms with Gasteiger partial charge in [0, 0.05) is 16.4 Å². The molecule has 1 heterocycles. The number of amides is 1. The molecule has 4 aromatic rings. The number of thiazole rings is 1. The molecule has 0 radical (unpaired) electrons. The predicted octanol–water partition coefficient (Wildman–Crippen LogP) is 5.93. The first-order chi connectivity index (χ1) is 15.1. The number of methoxy groups -OCH3 is 1. The highest BCUT2D eigenvalue weighted by Crippen LogP contribution is 2.39. The van der Waals surface area contributed by atoms with Crippen molar-refractivity contribution < 1.29 is 14.6 Å². The Labute approximate surface area is 185 Å². The van der Waals surface area contributed by atoms with E-state index in [2.05, 4.69) is 24.4 Å². The van der Waals surface area contributed by atoms with Crippen molar-refractivity contribution in [3.05, 3.63) is 94.9 Å². The SMILES string of the molecule is COc1ccc(-c2nc(NC(=O)c3ccccc3O)sc2C(C)c2ccccc2)cc1. The summed E-state index contributed by atoms with van der Waals surface area (Å²) in [5.74, 6) is 0.396. The molecule has 31 heavy (non-hydrogen) atoms. The highest BCUT2D eigenvalue weighted by atomic mass is 32.1. The quantitative estimate of drug-likeness (QED) is 0.398. The van der Waals surface area contributed by atoms with E-state index in [1.165, 1.54) is 23.0 Å². The van der Waals surface area contributed by atoms with E-state index >= 15 is 0 Å². The van der Waals surface area contributed by atoms with E-state index in [0.29, 0.717) is 5.13 Å². The first kappa shape index (κ1) is 20.6. The number of aromatic hydroxyl groups is 1. The molecule has 0 fully saturated rings. The van der Waals surface area contributed by atoms with E-state index in [9.17, 15) is 9.90 Å². The van der Waals surface area contributed by atoms with Gasteiger partial charge >= 0.3 is 0 Å². The lowest BCUT2D eigenvalue weighted by Crippen LogP contribution is -2.11. The van der Waals surface area contributed by atoms with E-state index < -0.39 is 5.91 Å². The van der Waals surface area contributed by atoms with Crippen LogP contribution in [0.2, 0.25) is 0 Å². The fraction of sp³-hybridized carbons (Fsp3) is 0.120. The predicted molar refractivity (Wildman–Crippen MR) is 124 cm³/mol. The number of hydrogen-bond donors (Lipinski definition) is 2. The average molecular weight is 431 g/mol. The number of phenols is 1. The number of rotatable bonds is 6. The Hall–Kier alpha value is -3.64. The first-order valence-corrected chi connectivity index (χ1v) is 10.7. The van der Waals surface area contributed by atoms with Gasteiger partial charge in [0.1, 0.15) is 11.5 Å². The van der Waals surface area contributed by atoms with E-state index in [1.807, 2.05) is 42.5 Å². The highest BCUT2D eigenvalue weighted by Gasteiger charge is 2.21. The number of carbonyl (C=O) groups excluding carboxylic acids is 1.